The maximum atomic E-state index is 5.37. The normalized spacial score (nSPS) is 11.4. The molecule has 0 fully saturated rings. The number of thiazole rings is 1. The Morgan fingerprint density at radius 2 is 2.11 bits per heavy atom. The van der Waals surface area contributed by atoms with Crippen molar-refractivity contribution in [1.82, 2.24) is 9.88 Å². The van der Waals surface area contributed by atoms with E-state index in [0.717, 1.165) is 30.7 Å². The van der Waals surface area contributed by atoms with Crippen LogP contribution >= 0.6 is 11.3 Å². The molecule has 4 heteroatoms. The molecule has 0 atom stereocenters. The molecule has 3 nitrogen and oxygen atoms in total. The molecule has 1 aromatic heterocycles. The van der Waals surface area contributed by atoms with E-state index in [2.05, 4.69) is 32.0 Å². The smallest absolute Gasteiger partial charge is 0.145 e. The Hall–Kier alpha value is -1.13. The highest BCUT2D eigenvalue weighted by molar-refractivity contribution is 7.18. The zero-order chi connectivity index (χ0) is 13.1. The van der Waals surface area contributed by atoms with E-state index in [-0.39, 0.29) is 0 Å². The molecule has 1 aromatic carbocycles. The molecule has 0 aliphatic rings. The van der Waals surface area contributed by atoms with E-state index >= 15 is 0 Å². The first-order valence-electron chi connectivity index (χ1n) is 6.19. The highest BCUT2D eigenvalue weighted by Gasteiger charge is 2.10. The van der Waals surface area contributed by atoms with Crippen molar-refractivity contribution in [2.75, 3.05) is 27.7 Å². The molecule has 0 N–H and O–H groups in total. The van der Waals surface area contributed by atoms with Gasteiger partial charge in [-0.15, -0.1) is 11.3 Å². The van der Waals surface area contributed by atoms with Crippen LogP contribution in [0.1, 0.15) is 17.0 Å². The molecule has 0 aliphatic carbocycles. The van der Waals surface area contributed by atoms with Crippen molar-refractivity contribution in [2.45, 2.75) is 19.8 Å². The average Bonchev–Trinajstić information content (AvgIpc) is 2.74. The summed E-state index contributed by atoms with van der Waals surface area (Å²) in [6.07, 6.45) is 2.19. The van der Waals surface area contributed by atoms with Crippen molar-refractivity contribution in [3.63, 3.8) is 0 Å². The predicted molar refractivity (Wildman–Crippen MR) is 77.8 cm³/mol. The van der Waals surface area contributed by atoms with Crippen molar-refractivity contribution in [3.8, 4) is 5.75 Å². The maximum absolute atomic E-state index is 5.37. The lowest BCUT2D eigenvalue weighted by molar-refractivity contribution is 0.400. The number of fused-ring (bicyclic) bond motifs is 1. The van der Waals surface area contributed by atoms with Gasteiger partial charge in [0.25, 0.3) is 0 Å². The molecule has 98 valence electrons. The van der Waals surface area contributed by atoms with E-state index < -0.39 is 0 Å². The molecule has 0 saturated carbocycles. The minimum atomic E-state index is 0.880. The zero-order valence-corrected chi connectivity index (χ0v) is 12.3. The second kappa shape index (κ2) is 5.67. The van der Waals surface area contributed by atoms with Crippen LogP contribution in [-0.4, -0.2) is 37.6 Å². The van der Waals surface area contributed by atoms with Gasteiger partial charge in [0, 0.05) is 6.42 Å². The molecule has 0 amide bonds. The minimum Gasteiger partial charge on any atom is -0.494 e. The van der Waals surface area contributed by atoms with Crippen molar-refractivity contribution < 1.29 is 4.74 Å². The van der Waals surface area contributed by atoms with Crippen molar-refractivity contribution in [3.05, 3.63) is 22.7 Å². The molecule has 0 bridgehead atoms. The number of aryl methyl sites for hydroxylation is 2. The fourth-order valence-electron chi connectivity index (χ4n) is 1.97. The van der Waals surface area contributed by atoms with Gasteiger partial charge in [0.1, 0.15) is 11.3 Å². The molecule has 0 spiro atoms. The fraction of sp³-hybridized carbons (Fsp3) is 0.500. The summed E-state index contributed by atoms with van der Waals surface area (Å²) < 4.78 is 6.63. The van der Waals surface area contributed by atoms with Gasteiger partial charge in [-0.2, -0.15) is 0 Å². The summed E-state index contributed by atoms with van der Waals surface area (Å²) in [4.78, 5) is 6.92. The van der Waals surface area contributed by atoms with Gasteiger partial charge >= 0.3 is 0 Å². The van der Waals surface area contributed by atoms with E-state index in [1.54, 1.807) is 18.4 Å². The summed E-state index contributed by atoms with van der Waals surface area (Å²) in [7, 11) is 5.91. The largest absolute Gasteiger partial charge is 0.494 e. The Morgan fingerprint density at radius 1 is 1.33 bits per heavy atom. The maximum Gasteiger partial charge on any atom is 0.145 e. The third kappa shape index (κ3) is 2.82. The Bertz CT molecular complexity index is 534. The zero-order valence-electron chi connectivity index (χ0n) is 11.5. The van der Waals surface area contributed by atoms with E-state index in [4.69, 9.17) is 9.72 Å². The lowest BCUT2D eigenvalue weighted by Gasteiger charge is -2.07. The number of rotatable bonds is 5. The quantitative estimate of drug-likeness (QED) is 0.829. The number of benzene rings is 1. The molecule has 2 rings (SSSR count). The van der Waals surface area contributed by atoms with E-state index in [1.807, 2.05) is 6.07 Å². The first-order chi connectivity index (χ1) is 8.61. The molecule has 1 heterocycles. The first-order valence-corrected chi connectivity index (χ1v) is 7.01. The fourth-order valence-corrected chi connectivity index (χ4v) is 3.06. The van der Waals surface area contributed by atoms with Crippen LogP contribution in [0.3, 0.4) is 0 Å². The topological polar surface area (TPSA) is 25.4 Å². The van der Waals surface area contributed by atoms with Crippen LogP contribution in [0.2, 0.25) is 0 Å². The molecule has 2 aromatic rings. The SMILES string of the molecule is COc1ccc(C)c2sc(CCCN(C)C)nc12. The summed E-state index contributed by atoms with van der Waals surface area (Å²) in [6.45, 7) is 3.23. The van der Waals surface area contributed by atoms with Crippen LogP contribution < -0.4 is 4.74 Å². The van der Waals surface area contributed by atoms with Crippen molar-refractivity contribution in [2.24, 2.45) is 0 Å². The van der Waals surface area contributed by atoms with Crippen molar-refractivity contribution >= 4 is 21.6 Å². The summed E-state index contributed by atoms with van der Waals surface area (Å²) in [5, 5.41) is 1.21. The first kappa shape index (κ1) is 13.3. The van der Waals surface area contributed by atoms with Crippen LogP contribution in [0, 0.1) is 6.92 Å². The number of nitrogens with zero attached hydrogens (tertiary/aromatic N) is 2. The minimum absolute atomic E-state index is 0.880. The molecular formula is C14H20N2OS. The summed E-state index contributed by atoms with van der Waals surface area (Å²) in [5.41, 5.74) is 2.30. The molecule has 0 saturated heterocycles. The van der Waals surface area contributed by atoms with E-state index in [1.165, 1.54) is 15.3 Å². The van der Waals surface area contributed by atoms with Gasteiger partial charge in [0.15, 0.2) is 0 Å². The average molecular weight is 264 g/mol. The van der Waals surface area contributed by atoms with Gasteiger partial charge in [0.2, 0.25) is 0 Å². The van der Waals surface area contributed by atoms with E-state index in [0.29, 0.717) is 0 Å². The van der Waals surface area contributed by atoms with Crippen molar-refractivity contribution in [1.29, 1.82) is 0 Å². The lowest BCUT2D eigenvalue weighted by atomic mass is 10.2. The number of methoxy groups -OCH3 is 1. The van der Waals surface area contributed by atoms with Crippen LogP contribution in [0.25, 0.3) is 10.2 Å². The van der Waals surface area contributed by atoms with Gasteiger partial charge in [-0.3, -0.25) is 0 Å². The molecular weight excluding hydrogens is 244 g/mol. The Kier molecular flexibility index (Phi) is 4.19. The lowest BCUT2D eigenvalue weighted by Crippen LogP contribution is -2.13. The highest BCUT2D eigenvalue weighted by Crippen LogP contribution is 2.32. The highest BCUT2D eigenvalue weighted by atomic mass is 32.1. The van der Waals surface area contributed by atoms with Gasteiger partial charge in [-0.1, -0.05) is 6.07 Å². The summed E-state index contributed by atoms with van der Waals surface area (Å²) >= 11 is 1.80. The Morgan fingerprint density at radius 3 is 2.78 bits per heavy atom. The second-order valence-corrected chi connectivity index (χ2v) is 5.86. The monoisotopic (exact) mass is 264 g/mol. The summed E-state index contributed by atoms with van der Waals surface area (Å²) in [6, 6.07) is 4.10. The number of hydrogen-bond acceptors (Lipinski definition) is 4. The molecule has 0 radical (unpaired) electrons. The third-order valence-corrected chi connectivity index (χ3v) is 4.21. The van der Waals surface area contributed by atoms with Crippen LogP contribution in [-0.2, 0) is 6.42 Å². The second-order valence-electron chi connectivity index (χ2n) is 4.78. The van der Waals surface area contributed by atoms with Gasteiger partial charge in [-0.25, -0.2) is 4.98 Å². The van der Waals surface area contributed by atoms with Gasteiger partial charge < -0.3 is 9.64 Å². The number of ether oxygens (including phenoxy) is 1. The Labute approximate surface area is 112 Å². The number of hydrogen-bond donors (Lipinski definition) is 0. The van der Waals surface area contributed by atoms with Crippen LogP contribution in [0.4, 0.5) is 0 Å². The molecule has 18 heavy (non-hydrogen) atoms. The van der Waals surface area contributed by atoms with Crippen LogP contribution in [0.15, 0.2) is 12.1 Å². The standard InChI is InChI=1S/C14H20N2OS/c1-10-7-8-11(17-4)13-14(10)18-12(15-13)6-5-9-16(2)3/h7-8H,5-6,9H2,1-4H3. The molecule has 0 unspecified atom stereocenters. The Balaban J connectivity index is 2.23. The number of aromatic nitrogens is 1. The third-order valence-electron chi connectivity index (χ3n) is 2.96. The van der Waals surface area contributed by atoms with E-state index in [9.17, 15) is 0 Å². The van der Waals surface area contributed by atoms with Gasteiger partial charge in [-0.05, 0) is 45.6 Å². The summed E-state index contributed by atoms with van der Waals surface area (Å²) in [5.74, 6) is 0.880. The predicted octanol–water partition coefficient (Wildman–Crippen LogP) is 3.11. The molecule has 0 aliphatic heterocycles. The van der Waals surface area contributed by atoms with Gasteiger partial charge in [0.05, 0.1) is 16.8 Å². The van der Waals surface area contributed by atoms with Crippen LogP contribution in [0.5, 0.6) is 5.75 Å².